The van der Waals surface area contributed by atoms with Crippen molar-refractivity contribution < 1.29 is 17.2 Å². The fraction of sp³-hybridized carbons (Fsp3) is 0.440. The second kappa shape index (κ2) is 10.7. The minimum atomic E-state index is -0.298. The number of methoxy groups -OCH3 is 1. The van der Waals surface area contributed by atoms with Crippen molar-refractivity contribution in [2.45, 2.75) is 39.2 Å². The summed E-state index contributed by atoms with van der Waals surface area (Å²) < 4.78 is 6.72. The molecule has 4 rings (SSSR count). The molecule has 2 N–H and O–H groups in total. The highest BCUT2D eigenvalue weighted by atomic mass is 32.1. The van der Waals surface area contributed by atoms with Crippen molar-refractivity contribution in [2.75, 3.05) is 38.7 Å². The van der Waals surface area contributed by atoms with Gasteiger partial charge in [-0.3, -0.25) is 19.5 Å². The third-order valence-corrected chi connectivity index (χ3v) is 7.42. The molecule has 0 saturated carbocycles. The molecule has 1 fully saturated rings. The topological polar surface area (TPSA) is 101 Å². The van der Waals surface area contributed by atoms with Gasteiger partial charge in [-0.2, -0.15) is 5.10 Å². The lowest BCUT2D eigenvalue weighted by molar-refractivity contribution is 0.0938. The van der Waals surface area contributed by atoms with E-state index >= 15 is 0 Å². The van der Waals surface area contributed by atoms with Gasteiger partial charge in [0, 0.05) is 45.9 Å². The predicted octanol–water partition coefficient (Wildman–Crippen LogP) is 4.11. The number of hydrogen-bond acceptors (Lipinski definition) is 7. The van der Waals surface area contributed by atoms with Crippen molar-refractivity contribution in [1.82, 2.24) is 24.8 Å². The number of nitrogens with one attached hydrogen (secondary N) is 2. The van der Waals surface area contributed by atoms with Gasteiger partial charge >= 0.3 is 0 Å². The Morgan fingerprint density at radius 3 is 2.89 bits per heavy atom. The molecule has 0 bridgehead atoms. The lowest BCUT2D eigenvalue weighted by Crippen LogP contribution is -2.43. The van der Waals surface area contributed by atoms with Gasteiger partial charge in [0.15, 0.2) is 0 Å². The number of likely N-dealkylation sites (tertiary alicyclic amines) is 1. The van der Waals surface area contributed by atoms with Crippen LogP contribution >= 0.6 is 11.3 Å². The molecule has 190 valence electrons. The van der Waals surface area contributed by atoms with E-state index in [1.54, 1.807) is 30.8 Å². The summed E-state index contributed by atoms with van der Waals surface area (Å²) in [6.07, 6.45) is 11.1. The smallest absolute Gasteiger partial charge is 0.260 e. The molecular formula is C25H36N6O3S. The van der Waals surface area contributed by atoms with Crippen LogP contribution in [0.2, 0.25) is 0 Å². The first kappa shape index (κ1) is 25.0. The third kappa shape index (κ3) is 5.77. The number of ether oxygens (including phenoxy) is 1. The average Bonchev–Trinajstić information content (AvgIpc) is 3.49. The first-order valence-electron chi connectivity index (χ1n) is 11.7. The highest BCUT2D eigenvalue weighted by Crippen LogP contribution is 2.27. The van der Waals surface area contributed by atoms with E-state index in [1.165, 1.54) is 30.4 Å². The van der Waals surface area contributed by atoms with Gasteiger partial charge in [-0.05, 0) is 52.3 Å². The van der Waals surface area contributed by atoms with E-state index in [-0.39, 0.29) is 20.2 Å². The van der Waals surface area contributed by atoms with Crippen LogP contribution in [-0.4, -0.2) is 70.2 Å². The summed E-state index contributed by atoms with van der Waals surface area (Å²) >= 11 is 1.46. The van der Waals surface area contributed by atoms with Crippen molar-refractivity contribution in [3.63, 3.8) is 0 Å². The van der Waals surface area contributed by atoms with Crippen LogP contribution in [0.1, 0.15) is 60.8 Å². The molecule has 0 aromatic carbocycles. The fourth-order valence-corrected chi connectivity index (χ4v) is 5.24. The van der Waals surface area contributed by atoms with Gasteiger partial charge in [0.05, 0.1) is 35.3 Å². The zero-order valence-electron chi connectivity index (χ0n) is 20.6. The van der Waals surface area contributed by atoms with E-state index in [0.29, 0.717) is 35.7 Å². The number of pyridine rings is 1. The molecule has 3 aromatic rings. The number of thiazole rings is 1. The van der Waals surface area contributed by atoms with Crippen molar-refractivity contribution in [3.8, 4) is 0 Å². The Labute approximate surface area is 212 Å². The Morgan fingerprint density at radius 2 is 2.14 bits per heavy atom. The van der Waals surface area contributed by atoms with Crippen LogP contribution in [0.4, 0.5) is 5.69 Å². The van der Waals surface area contributed by atoms with Crippen molar-refractivity contribution in [3.05, 3.63) is 52.4 Å². The highest BCUT2D eigenvalue weighted by Gasteiger charge is 2.31. The van der Waals surface area contributed by atoms with Gasteiger partial charge < -0.3 is 15.4 Å². The number of fused-ring (bicyclic) bond motifs is 1. The van der Waals surface area contributed by atoms with Crippen LogP contribution in [0, 0.1) is 6.92 Å². The molecule has 3 aromatic heterocycles. The molecular weight excluding hydrogens is 464 g/mol. The Kier molecular flexibility index (Phi) is 7.63. The van der Waals surface area contributed by atoms with Crippen LogP contribution in [-0.2, 0) is 4.74 Å². The van der Waals surface area contributed by atoms with Gasteiger partial charge in [0.25, 0.3) is 11.8 Å². The molecule has 10 heteroatoms. The summed E-state index contributed by atoms with van der Waals surface area (Å²) in [4.78, 5) is 34.2. The summed E-state index contributed by atoms with van der Waals surface area (Å²) in [5.41, 5.74) is 2.18. The van der Waals surface area contributed by atoms with Gasteiger partial charge in [0.1, 0.15) is 4.83 Å². The van der Waals surface area contributed by atoms with E-state index in [1.807, 2.05) is 18.3 Å². The zero-order valence-corrected chi connectivity index (χ0v) is 21.4. The zero-order chi connectivity index (χ0) is 25.0. The van der Waals surface area contributed by atoms with E-state index in [2.05, 4.69) is 39.5 Å². The number of carbonyl (C=O) groups is 2. The number of anilines is 1. The number of amides is 2. The number of aromatic nitrogens is 3. The average molecular weight is 501 g/mol. The van der Waals surface area contributed by atoms with E-state index in [0.717, 1.165) is 22.8 Å². The number of carbonyl (C=O) groups excluding carboxylic acids is 2. The van der Waals surface area contributed by atoms with E-state index < -0.39 is 0 Å². The van der Waals surface area contributed by atoms with Crippen LogP contribution in [0.5, 0.6) is 0 Å². The fourth-order valence-electron chi connectivity index (χ4n) is 4.25. The van der Waals surface area contributed by atoms with Crippen molar-refractivity contribution >= 4 is 39.7 Å². The normalized spacial score (nSPS) is 15.8. The third-order valence-electron chi connectivity index (χ3n) is 6.34. The molecule has 0 spiro atoms. The minimum absolute atomic E-state index is 0. The quantitative estimate of drug-likeness (QED) is 0.459. The molecule has 9 nitrogen and oxygen atoms in total. The van der Waals surface area contributed by atoms with Crippen LogP contribution < -0.4 is 10.6 Å². The summed E-state index contributed by atoms with van der Waals surface area (Å²) in [6.45, 7) is 9.22. The molecule has 0 aliphatic carbocycles. The van der Waals surface area contributed by atoms with E-state index in [9.17, 15) is 9.59 Å². The summed E-state index contributed by atoms with van der Waals surface area (Å²) in [7, 11) is 1.64. The second-order valence-electron chi connectivity index (χ2n) is 9.27. The largest absolute Gasteiger partial charge is 0.381 e. The SMILES string of the molecule is COC/C=C/c1cn2ncc(C(=O)Nc3cc(C(=O)NCCN4CCCC4(C)C)cnc3C)c2s1.[HH].[HH]. The Bertz CT molecular complexity index is 1260. The summed E-state index contributed by atoms with van der Waals surface area (Å²) in [6, 6.07) is 1.67. The molecule has 1 aliphatic heterocycles. The van der Waals surface area contributed by atoms with Crippen molar-refractivity contribution in [1.29, 1.82) is 0 Å². The number of nitrogens with zero attached hydrogens (tertiary/aromatic N) is 4. The Hall–Kier alpha value is -3.08. The van der Waals surface area contributed by atoms with Gasteiger partial charge in [-0.1, -0.05) is 6.08 Å². The standard InChI is InChI=1S/C25H32N6O3S.2H2/c1-17-21(13-18(14-27-17)22(32)26-9-11-30-10-6-8-25(30,2)3)29-23(33)20-15-28-31-16-19(35-24(20)31)7-5-12-34-4;;/h5,7,13-16H,6,8-12H2,1-4H3,(H,26,32)(H,29,33);2*1H/b7-5+;;. The molecule has 0 atom stereocenters. The lowest BCUT2D eigenvalue weighted by atomic mass is 10.0. The maximum atomic E-state index is 13.0. The molecule has 4 heterocycles. The van der Waals surface area contributed by atoms with Gasteiger partial charge in [-0.25, -0.2) is 4.52 Å². The van der Waals surface area contributed by atoms with Gasteiger partial charge in [0.2, 0.25) is 0 Å². The number of rotatable bonds is 9. The predicted molar refractivity (Wildman–Crippen MR) is 142 cm³/mol. The molecule has 1 aliphatic rings. The highest BCUT2D eigenvalue weighted by molar-refractivity contribution is 7.18. The Balaban J connectivity index is 0.00000241. The molecule has 0 unspecified atom stereocenters. The first-order valence-corrected chi connectivity index (χ1v) is 12.5. The first-order chi connectivity index (χ1) is 16.8. The molecule has 0 radical (unpaired) electrons. The number of hydrogen-bond donors (Lipinski definition) is 2. The maximum absolute atomic E-state index is 13.0. The second-order valence-corrected chi connectivity index (χ2v) is 10.3. The number of aryl methyl sites for hydroxylation is 1. The minimum Gasteiger partial charge on any atom is -0.381 e. The van der Waals surface area contributed by atoms with Crippen molar-refractivity contribution in [2.24, 2.45) is 0 Å². The maximum Gasteiger partial charge on any atom is 0.260 e. The summed E-state index contributed by atoms with van der Waals surface area (Å²) in [5.74, 6) is -0.503. The van der Waals surface area contributed by atoms with Gasteiger partial charge in [-0.15, -0.1) is 11.3 Å². The Morgan fingerprint density at radius 1 is 1.31 bits per heavy atom. The molecule has 1 saturated heterocycles. The summed E-state index contributed by atoms with van der Waals surface area (Å²) in [5, 5.41) is 10.2. The molecule has 35 heavy (non-hydrogen) atoms. The van der Waals surface area contributed by atoms with Crippen LogP contribution in [0.15, 0.2) is 30.7 Å². The van der Waals surface area contributed by atoms with E-state index in [4.69, 9.17) is 4.74 Å². The monoisotopic (exact) mass is 500 g/mol. The van der Waals surface area contributed by atoms with Crippen LogP contribution in [0.3, 0.4) is 0 Å². The lowest BCUT2D eigenvalue weighted by Gasteiger charge is -2.31. The molecule has 2 amide bonds. The van der Waals surface area contributed by atoms with Crippen LogP contribution in [0.25, 0.3) is 10.9 Å².